The van der Waals surface area contributed by atoms with Crippen LogP contribution in [0.3, 0.4) is 0 Å². The van der Waals surface area contributed by atoms with Gasteiger partial charge in [-0.1, -0.05) is 12.1 Å². The summed E-state index contributed by atoms with van der Waals surface area (Å²) in [6.45, 7) is 0. The summed E-state index contributed by atoms with van der Waals surface area (Å²) in [6.07, 6.45) is 9.05. The van der Waals surface area contributed by atoms with Crippen LogP contribution in [-0.2, 0) is 17.9 Å². The molecule has 0 unspecified atom stereocenters. The van der Waals surface area contributed by atoms with Crippen molar-refractivity contribution in [2.24, 2.45) is 0 Å². The smallest absolute Gasteiger partial charge is 0.0493 e. The molecule has 7 heteroatoms. The fourth-order valence-corrected chi connectivity index (χ4v) is 2.61. The van der Waals surface area contributed by atoms with Gasteiger partial charge in [-0.15, -0.1) is 54.1 Å². The molecule has 0 aliphatic heterocycles. The third kappa shape index (κ3) is 5.97. The minimum absolute atomic E-state index is 0.901. The maximum Gasteiger partial charge on any atom is 0.0493 e. The van der Waals surface area contributed by atoms with Crippen LogP contribution < -0.4 is 0 Å². The summed E-state index contributed by atoms with van der Waals surface area (Å²) in [5.41, 5.74) is 3.81. The van der Waals surface area contributed by atoms with Crippen molar-refractivity contribution in [2.75, 3.05) is 0 Å². The van der Waals surface area contributed by atoms with Crippen LogP contribution in [0.15, 0.2) is 104 Å². The van der Waals surface area contributed by atoms with Crippen molar-refractivity contribution in [3.63, 3.8) is 0 Å². The minimum Gasteiger partial charge on any atom is -0.305 e. The number of halogens is 1. The molecule has 2 aromatic carbocycles. The summed E-state index contributed by atoms with van der Waals surface area (Å²) in [5.74, 6) is 0. The molecule has 0 N–H and O–H groups in total. The summed E-state index contributed by atoms with van der Waals surface area (Å²) < 4.78 is 3.54. The Morgan fingerprint density at radius 2 is 1.37 bits per heavy atom. The molecule has 0 atom stereocenters. The molecule has 0 amide bonds. The van der Waals surface area contributed by atoms with Gasteiger partial charge in [-0.05, 0) is 35.3 Å². The Hall–Kier alpha value is -3.05. The van der Waals surface area contributed by atoms with Crippen LogP contribution >= 0.6 is 9.58 Å². The standard InChI is InChI=1S/C12H9N4.C11H8N.ClH.Ir/c1-4-11(15-8-2-6-13-15)10-12(5-1)16-9-3-7-14-16;1-2-6-10(7-3-1)11-8-4-5-9-12-11;;/h1-9H;1-6,8-9H;1H;/q2*-1;;+3/p-1. The molecule has 0 saturated heterocycles. The largest absolute Gasteiger partial charge is 0.305 e. The van der Waals surface area contributed by atoms with Crippen LogP contribution in [0.1, 0.15) is 0 Å². The molecule has 3 aromatic heterocycles. The fourth-order valence-electron chi connectivity index (χ4n) is 2.61. The molecule has 150 valence electrons. The van der Waals surface area contributed by atoms with E-state index in [4.69, 9.17) is 0 Å². The number of rotatable bonds is 3. The van der Waals surface area contributed by atoms with E-state index < -0.39 is 0 Å². The van der Waals surface area contributed by atoms with Crippen LogP contribution in [0.4, 0.5) is 0 Å². The number of hydrogen-bond donors (Lipinski definition) is 0. The fraction of sp³-hybridized carbons (Fsp3) is 0. The first-order valence-corrected chi connectivity index (χ1v) is 11.9. The summed E-state index contributed by atoms with van der Waals surface area (Å²) in [7, 11) is 4.64. The summed E-state index contributed by atoms with van der Waals surface area (Å²) in [6, 6.07) is 29.7. The van der Waals surface area contributed by atoms with E-state index in [0.29, 0.717) is 0 Å². The molecule has 0 saturated carbocycles. The van der Waals surface area contributed by atoms with Gasteiger partial charge in [0.15, 0.2) is 0 Å². The average Bonchev–Trinajstić information content (AvgIpc) is 3.57. The van der Waals surface area contributed by atoms with Crippen molar-refractivity contribution in [3.8, 4) is 22.6 Å². The molecule has 5 nitrogen and oxygen atoms in total. The molecular formula is C23H17ClIrN5. The maximum atomic E-state index is 4.64. The predicted octanol–water partition coefficient (Wildman–Crippen LogP) is 5.09. The van der Waals surface area contributed by atoms with E-state index in [9.17, 15) is 0 Å². The first-order chi connectivity index (χ1) is 14.9. The number of benzene rings is 2. The van der Waals surface area contributed by atoms with E-state index in [1.807, 2.05) is 85.2 Å². The summed E-state index contributed by atoms with van der Waals surface area (Å²) in [5, 5.41) is 8.33. The Bertz CT molecular complexity index is 1010. The average molecular weight is 591 g/mol. The second-order valence-electron chi connectivity index (χ2n) is 5.81. The van der Waals surface area contributed by atoms with Gasteiger partial charge in [0, 0.05) is 31.0 Å². The number of nitrogens with zero attached hydrogens (tertiary/aromatic N) is 5. The zero-order chi connectivity index (χ0) is 21.0. The van der Waals surface area contributed by atoms with Gasteiger partial charge in [0.05, 0.1) is 0 Å². The Kier molecular flexibility index (Phi) is 8.54. The normalized spacial score (nSPS) is 9.67. The monoisotopic (exact) mass is 591 g/mol. The van der Waals surface area contributed by atoms with Gasteiger partial charge >= 0.3 is 27.5 Å². The molecule has 0 aliphatic rings. The van der Waals surface area contributed by atoms with Crippen molar-refractivity contribution in [3.05, 3.63) is 116 Å². The zero-order valence-electron chi connectivity index (χ0n) is 15.8. The Balaban J connectivity index is 0.000000163. The molecule has 0 aliphatic carbocycles. The van der Waals surface area contributed by atoms with E-state index in [1.165, 1.54) is 17.9 Å². The van der Waals surface area contributed by atoms with E-state index in [0.717, 1.165) is 22.6 Å². The quantitative estimate of drug-likeness (QED) is 0.275. The number of aromatic nitrogens is 5. The van der Waals surface area contributed by atoms with E-state index >= 15 is 0 Å². The first kappa shape index (κ1) is 21.7. The van der Waals surface area contributed by atoms with Crippen molar-refractivity contribution >= 4 is 9.58 Å². The van der Waals surface area contributed by atoms with Crippen LogP contribution in [0.2, 0.25) is 0 Å². The van der Waals surface area contributed by atoms with Crippen molar-refractivity contribution in [1.82, 2.24) is 24.5 Å². The topological polar surface area (TPSA) is 48.5 Å². The molecule has 0 radical (unpaired) electrons. The molecular weight excluding hydrogens is 574 g/mol. The van der Waals surface area contributed by atoms with E-state index in [1.54, 1.807) is 28.0 Å². The molecule has 0 spiro atoms. The SMILES string of the molecule is [Cl][Ir+2].[c-]1c(-n2cccn2)cccc1-n1cccn1.[c-]1ccccc1-c1ccccn1. The third-order valence-corrected chi connectivity index (χ3v) is 3.92. The Labute approximate surface area is 190 Å². The van der Waals surface area contributed by atoms with Crippen molar-refractivity contribution in [2.45, 2.75) is 0 Å². The van der Waals surface area contributed by atoms with Gasteiger partial charge in [-0.2, -0.15) is 16.3 Å². The van der Waals surface area contributed by atoms with Crippen LogP contribution in [-0.4, -0.2) is 24.5 Å². The minimum atomic E-state index is 0.901. The molecule has 30 heavy (non-hydrogen) atoms. The first-order valence-electron chi connectivity index (χ1n) is 8.93. The number of hydrogen-bond acceptors (Lipinski definition) is 3. The second kappa shape index (κ2) is 11.8. The predicted molar refractivity (Wildman–Crippen MR) is 114 cm³/mol. The van der Waals surface area contributed by atoms with Gasteiger partial charge < -0.3 is 4.98 Å². The Morgan fingerprint density at radius 3 is 1.87 bits per heavy atom. The van der Waals surface area contributed by atoms with Gasteiger partial charge in [0.1, 0.15) is 0 Å². The van der Waals surface area contributed by atoms with Crippen LogP contribution in [0, 0.1) is 12.1 Å². The summed E-state index contributed by atoms with van der Waals surface area (Å²) >= 11 is 1.47. The van der Waals surface area contributed by atoms with Crippen molar-refractivity contribution < 1.29 is 17.9 Å². The molecule has 0 bridgehead atoms. The third-order valence-electron chi connectivity index (χ3n) is 3.92. The van der Waals surface area contributed by atoms with Crippen LogP contribution in [0.25, 0.3) is 22.6 Å². The van der Waals surface area contributed by atoms with Gasteiger partial charge in [-0.25, -0.2) is 0 Å². The van der Waals surface area contributed by atoms with E-state index in [2.05, 4.69) is 36.9 Å². The van der Waals surface area contributed by atoms with E-state index in [-0.39, 0.29) is 0 Å². The summed E-state index contributed by atoms with van der Waals surface area (Å²) in [4.78, 5) is 4.22. The van der Waals surface area contributed by atoms with Gasteiger partial charge in [-0.3, -0.25) is 9.36 Å². The molecule has 3 heterocycles. The Morgan fingerprint density at radius 1 is 0.700 bits per heavy atom. The molecule has 0 fully saturated rings. The second-order valence-corrected chi connectivity index (χ2v) is 5.81. The molecule has 5 aromatic rings. The maximum absolute atomic E-state index is 4.64. The molecule has 5 rings (SSSR count). The van der Waals surface area contributed by atoms with Gasteiger partial charge in [0.2, 0.25) is 0 Å². The number of pyridine rings is 1. The van der Waals surface area contributed by atoms with Crippen LogP contribution in [0.5, 0.6) is 0 Å². The van der Waals surface area contributed by atoms with Gasteiger partial charge in [0.25, 0.3) is 0 Å². The zero-order valence-corrected chi connectivity index (χ0v) is 18.9. The van der Waals surface area contributed by atoms with Crippen molar-refractivity contribution in [1.29, 1.82) is 0 Å².